The third-order valence-electron chi connectivity index (χ3n) is 10.6. The lowest BCUT2D eigenvalue weighted by Crippen LogP contribution is -2.75. The van der Waals surface area contributed by atoms with Gasteiger partial charge in [-0.25, -0.2) is 0 Å². The summed E-state index contributed by atoms with van der Waals surface area (Å²) in [6.45, 7) is 5.56. The summed E-state index contributed by atoms with van der Waals surface area (Å²) in [5.41, 5.74) is 0.928. The summed E-state index contributed by atoms with van der Waals surface area (Å²) in [5, 5.41) is 17.2. The zero-order chi connectivity index (χ0) is 32.1. The molecule has 2 aliphatic heterocycles. The second-order valence-corrected chi connectivity index (χ2v) is 13.9. The van der Waals surface area contributed by atoms with Gasteiger partial charge in [-0.15, -0.1) is 0 Å². The number of nitrogens with zero attached hydrogens (tertiary/aromatic N) is 2. The summed E-state index contributed by atoms with van der Waals surface area (Å²) >= 11 is 0. The van der Waals surface area contributed by atoms with Crippen molar-refractivity contribution in [2.75, 3.05) is 26.2 Å². The fraction of sp³-hybridized carbons (Fsp3) is 0.595. The van der Waals surface area contributed by atoms with Crippen LogP contribution in [0.2, 0.25) is 0 Å². The number of likely N-dealkylation sites (tertiary alicyclic amines) is 1. The predicted molar refractivity (Wildman–Crippen MR) is 176 cm³/mol. The first-order valence-electron chi connectivity index (χ1n) is 17.5. The van der Waals surface area contributed by atoms with Gasteiger partial charge >= 0.3 is 0 Å². The number of amides is 3. The van der Waals surface area contributed by atoms with Gasteiger partial charge in [0.15, 0.2) is 0 Å². The number of carbonyl (C=O) groups excluding carboxylic acids is 3. The first-order valence-corrected chi connectivity index (χ1v) is 17.5. The second-order valence-electron chi connectivity index (χ2n) is 13.9. The maximum Gasteiger partial charge on any atom is 0.251 e. The Labute approximate surface area is 273 Å². The van der Waals surface area contributed by atoms with E-state index in [0.717, 1.165) is 62.9 Å². The Morgan fingerprint density at radius 2 is 1.63 bits per heavy atom. The number of hydrogen-bond acceptors (Lipinski definition) is 6. The Morgan fingerprint density at radius 3 is 2.26 bits per heavy atom. The number of hydrogen-bond donors (Lipinski definition) is 3. The highest BCUT2D eigenvalue weighted by molar-refractivity contribution is 6.00. The van der Waals surface area contributed by atoms with Gasteiger partial charge in [0, 0.05) is 38.3 Å². The SMILES string of the molecule is CCCCN1C(=O)[C@@H]([C@H](O)C2CCCCC2)NC(=O)C12CCN(Cc1ccc(Oc3ccc(C(=O)NCC4CC4)cc3)cc1)CC2. The molecule has 2 saturated carbocycles. The standard InChI is InChI=1S/C37H50N4O5/c1-2-3-21-41-35(44)32(33(42)28-7-5-4-6-8-28)39-36(45)37(41)19-22-40(23-20-37)25-27-11-15-30(16-12-27)46-31-17-13-29(14-18-31)34(43)38-24-26-9-10-26/h11-18,26,28,32-33,42H,2-10,19-25H2,1H3,(H,38,43)(H,39,45)/t32-,33-/m1/s1. The number of ether oxygens (including phenoxy) is 1. The summed E-state index contributed by atoms with van der Waals surface area (Å²) in [7, 11) is 0. The predicted octanol–water partition coefficient (Wildman–Crippen LogP) is 5.02. The first-order chi connectivity index (χ1) is 22.4. The van der Waals surface area contributed by atoms with Gasteiger partial charge in [0.1, 0.15) is 23.1 Å². The van der Waals surface area contributed by atoms with E-state index >= 15 is 0 Å². The van der Waals surface area contributed by atoms with Crippen molar-refractivity contribution >= 4 is 17.7 Å². The molecule has 1 spiro atoms. The lowest BCUT2D eigenvalue weighted by molar-refractivity contribution is -0.166. The Bertz CT molecular complexity index is 1340. The Balaban J connectivity index is 1.03. The van der Waals surface area contributed by atoms with Gasteiger partial charge in [-0.05, 0) is 98.7 Å². The molecule has 4 fully saturated rings. The number of nitrogens with one attached hydrogen (secondary N) is 2. The minimum atomic E-state index is -0.851. The van der Waals surface area contributed by atoms with Crippen molar-refractivity contribution in [3.8, 4) is 11.5 Å². The Morgan fingerprint density at radius 1 is 0.978 bits per heavy atom. The fourth-order valence-corrected chi connectivity index (χ4v) is 7.43. The number of piperazine rings is 1. The van der Waals surface area contributed by atoms with E-state index < -0.39 is 17.7 Å². The summed E-state index contributed by atoms with van der Waals surface area (Å²) in [6.07, 6.45) is 9.66. The number of aliphatic hydroxyl groups is 1. The highest BCUT2D eigenvalue weighted by Crippen LogP contribution is 2.37. The number of rotatable bonds is 12. The molecule has 2 aromatic rings. The average molecular weight is 631 g/mol. The minimum absolute atomic E-state index is 0.0477. The molecule has 0 bridgehead atoms. The van der Waals surface area contributed by atoms with Crippen molar-refractivity contribution in [3.63, 3.8) is 0 Å². The normalized spacial score (nSPS) is 22.8. The first kappa shape index (κ1) is 32.5. The van der Waals surface area contributed by atoms with Crippen LogP contribution in [0.4, 0.5) is 0 Å². The molecule has 3 N–H and O–H groups in total. The van der Waals surface area contributed by atoms with E-state index in [1.165, 1.54) is 19.3 Å². The zero-order valence-corrected chi connectivity index (χ0v) is 27.2. The lowest BCUT2D eigenvalue weighted by atomic mass is 9.78. The van der Waals surface area contributed by atoms with E-state index in [9.17, 15) is 19.5 Å². The van der Waals surface area contributed by atoms with E-state index in [4.69, 9.17) is 4.74 Å². The van der Waals surface area contributed by atoms with E-state index in [-0.39, 0.29) is 23.6 Å². The molecule has 248 valence electrons. The largest absolute Gasteiger partial charge is 0.457 e. The summed E-state index contributed by atoms with van der Waals surface area (Å²) in [5.74, 6) is 1.85. The van der Waals surface area contributed by atoms with Crippen LogP contribution in [0, 0.1) is 11.8 Å². The molecule has 6 rings (SSSR count). The molecule has 9 nitrogen and oxygen atoms in total. The monoisotopic (exact) mass is 630 g/mol. The van der Waals surface area contributed by atoms with Crippen molar-refractivity contribution in [3.05, 3.63) is 59.7 Å². The number of carbonyl (C=O) groups is 3. The third kappa shape index (κ3) is 7.41. The van der Waals surface area contributed by atoms with Crippen LogP contribution in [0.5, 0.6) is 11.5 Å². The van der Waals surface area contributed by atoms with Crippen molar-refractivity contribution in [2.24, 2.45) is 11.8 Å². The van der Waals surface area contributed by atoms with Crippen LogP contribution in [0.1, 0.15) is 93.5 Å². The maximum atomic E-state index is 13.9. The highest BCUT2D eigenvalue weighted by Gasteiger charge is 2.55. The minimum Gasteiger partial charge on any atom is -0.457 e. The van der Waals surface area contributed by atoms with E-state index in [1.807, 2.05) is 29.2 Å². The van der Waals surface area contributed by atoms with E-state index in [1.54, 1.807) is 12.1 Å². The van der Waals surface area contributed by atoms with Crippen molar-refractivity contribution in [1.29, 1.82) is 0 Å². The molecule has 0 radical (unpaired) electrons. The topological polar surface area (TPSA) is 111 Å². The molecular weight excluding hydrogens is 580 g/mol. The van der Waals surface area contributed by atoms with Gasteiger partial charge in [0.05, 0.1) is 6.10 Å². The number of unbranched alkanes of at least 4 members (excludes halogenated alkanes) is 1. The molecule has 3 amide bonds. The number of piperidine rings is 1. The fourth-order valence-electron chi connectivity index (χ4n) is 7.43. The van der Waals surface area contributed by atoms with Crippen LogP contribution in [0.25, 0.3) is 0 Å². The lowest BCUT2D eigenvalue weighted by Gasteiger charge is -2.52. The number of aliphatic hydroxyl groups excluding tert-OH is 1. The summed E-state index contributed by atoms with van der Waals surface area (Å²) in [4.78, 5) is 44.1. The van der Waals surface area contributed by atoms with Gasteiger partial charge < -0.3 is 25.4 Å². The highest BCUT2D eigenvalue weighted by atomic mass is 16.5. The van der Waals surface area contributed by atoms with Gasteiger partial charge in [0.2, 0.25) is 11.8 Å². The molecule has 2 aromatic carbocycles. The van der Waals surface area contributed by atoms with Crippen LogP contribution >= 0.6 is 0 Å². The molecule has 9 heteroatoms. The molecule has 0 unspecified atom stereocenters. The van der Waals surface area contributed by atoms with Gasteiger partial charge in [0.25, 0.3) is 5.91 Å². The molecule has 2 aliphatic carbocycles. The van der Waals surface area contributed by atoms with Gasteiger partial charge in [-0.1, -0.05) is 44.7 Å². The quantitative estimate of drug-likeness (QED) is 0.304. The molecule has 2 saturated heterocycles. The Hall–Kier alpha value is -3.43. The van der Waals surface area contributed by atoms with Crippen LogP contribution in [-0.4, -0.2) is 76.5 Å². The molecule has 2 heterocycles. The van der Waals surface area contributed by atoms with Gasteiger partial charge in [-0.2, -0.15) is 0 Å². The molecule has 46 heavy (non-hydrogen) atoms. The summed E-state index contributed by atoms with van der Waals surface area (Å²) < 4.78 is 6.03. The molecule has 4 aliphatic rings. The maximum absolute atomic E-state index is 13.9. The Kier molecular flexibility index (Phi) is 10.3. The van der Waals surface area contributed by atoms with Crippen LogP contribution < -0.4 is 15.4 Å². The zero-order valence-electron chi connectivity index (χ0n) is 27.2. The van der Waals surface area contributed by atoms with Crippen LogP contribution in [0.3, 0.4) is 0 Å². The average Bonchev–Trinajstić information content (AvgIpc) is 3.92. The van der Waals surface area contributed by atoms with E-state index in [0.29, 0.717) is 49.7 Å². The second kappa shape index (κ2) is 14.6. The van der Waals surface area contributed by atoms with E-state index in [2.05, 4.69) is 34.6 Å². The van der Waals surface area contributed by atoms with Gasteiger partial charge in [-0.3, -0.25) is 19.3 Å². The van der Waals surface area contributed by atoms with Crippen molar-refractivity contribution in [1.82, 2.24) is 20.4 Å². The van der Waals surface area contributed by atoms with Crippen molar-refractivity contribution in [2.45, 2.75) is 102 Å². The molecule has 2 atom stereocenters. The molecule has 0 aromatic heterocycles. The summed E-state index contributed by atoms with van der Waals surface area (Å²) in [6, 6.07) is 14.4. The third-order valence-corrected chi connectivity index (χ3v) is 10.6. The number of benzene rings is 2. The molecular formula is C37H50N4O5. The van der Waals surface area contributed by atoms with Crippen LogP contribution in [-0.2, 0) is 16.1 Å². The van der Waals surface area contributed by atoms with Crippen molar-refractivity contribution < 1.29 is 24.2 Å². The smallest absolute Gasteiger partial charge is 0.251 e. The van der Waals surface area contributed by atoms with Crippen LogP contribution in [0.15, 0.2) is 48.5 Å².